The van der Waals surface area contributed by atoms with Gasteiger partial charge in [0, 0.05) is 17.7 Å². The van der Waals surface area contributed by atoms with Crippen LogP contribution in [0.5, 0.6) is 17.2 Å². The van der Waals surface area contributed by atoms with Crippen molar-refractivity contribution < 1.29 is 28.5 Å². The highest BCUT2D eigenvalue weighted by atomic mass is 16.5. The Morgan fingerprint density at radius 3 is 2.45 bits per heavy atom. The van der Waals surface area contributed by atoms with Crippen LogP contribution in [0.1, 0.15) is 42.1 Å². The summed E-state index contributed by atoms with van der Waals surface area (Å²) in [5, 5.41) is 2.87. The van der Waals surface area contributed by atoms with Gasteiger partial charge in [-0.25, -0.2) is 0 Å². The Labute approximate surface area is 181 Å². The molecule has 2 aromatic rings. The van der Waals surface area contributed by atoms with Gasteiger partial charge in [0.15, 0.2) is 11.5 Å². The van der Waals surface area contributed by atoms with E-state index in [1.807, 2.05) is 30.3 Å². The number of benzene rings is 2. The summed E-state index contributed by atoms with van der Waals surface area (Å²) in [6.07, 6.45) is 2.42. The summed E-state index contributed by atoms with van der Waals surface area (Å²) in [6, 6.07) is 9.33. The van der Waals surface area contributed by atoms with Crippen LogP contribution in [0.4, 0.5) is 0 Å². The lowest BCUT2D eigenvalue weighted by Crippen LogP contribution is -2.44. The van der Waals surface area contributed by atoms with E-state index < -0.39 is 5.41 Å². The number of carbonyl (C=O) groups excluding carboxylic acids is 2. The van der Waals surface area contributed by atoms with E-state index in [0.717, 1.165) is 36.0 Å². The van der Waals surface area contributed by atoms with E-state index in [9.17, 15) is 9.59 Å². The van der Waals surface area contributed by atoms with Crippen LogP contribution in [0, 0.1) is 5.41 Å². The minimum absolute atomic E-state index is 0.0875. The normalized spacial score (nSPS) is 16.0. The molecule has 0 spiro atoms. The smallest absolute Gasteiger partial charge is 0.315 e. The van der Waals surface area contributed by atoms with Crippen molar-refractivity contribution in [2.75, 3.05) is 27.4 Å². The van der Waals surface area contributed by atoms with Crippen molar-refractivity contribution in [1.29, 1.82) is 0 Å². The maximum absolute atomic E-state index is 12.6. The summed E-state index contributed by atoms with van der Waals surface area (Å²) in [4.78, 5) is 24.7. The highest BCUT2D eigenvalue weighted by Crippen LogP contribution is 2.48. The van der Waals surface area contributed by atoms with Crippen LogP contribution in [0.3, 0.4) is 0 Å². The first-order valence-corrected chi connectivity index (χ1v) is 10.5. The lowest BCUT2D eigenvalue weighted by atomic mass is 9.69. The fourth-order valence-electron chi connectivity index (χ4n) is 4.27. The van der Waals surface area contributed by atoms with Gasteiger partial charge in [0.25, 0.3) is 5.91 Å². The van der Waals surface area contributed by atoms with Crippen molar-refractivity contribution in [3.05, 3.63) is 41.5 Å². The molecule has 0 radical (unpaired) electrons. The maximum Gasteiger partial charge on any atom is 0.315 e. The van der Waals surface area contributed by atoms with Crippen molar-refractivity contribution >= 4 is 11.9 Å². The molecule has 7 heteroatoms. The summed E-state index contributed by atoms with van der Waals surface area (Å²) in [5.74, 6) is 1.16. The van der Waals surface area contributed by atoms with Crippen LogP contribution < -0.4 is 19.5 Å². The standard InChI is InChI=1S/C24H27NO6/c1-4-30-23(27)24(11-6-12-24)14-31-20-16(9-10-19(28-2)21(20)29-3)15-7-5-8-17-18(15)13-25-22(17)26/h5,7-10H,4,6,11-14H2,1-3H3,(H,25,26). The Morgan fingerprint density at radius 2 is 1.81 bits per heavy atom. The third-order valence-electron chi connectivity index (χ3n) is 6.15. The highest BCUT2D eigenvalue weighted by molar-refractivity contribution is 6.01. The molecule has 0 atom stereocenters. The first kappa shape index (κ1) is 21.0. The van der Waals surface area contributed by atoms with Gasteiger partial charge in [-0.2, -0.15) is 0 Å². The SMILES string of the molecule is CCOC(=O)C1(COc2c(-c3cccc4c3CNC4=O)ccc(OC)c2OC)CCC1. The Morgan fingerprint density at radius 1 is 1.03 bits per heavy atom. The van der Waals surface area contributed by atoms with Gasteiger partial charge in [0.05, 0.1) is 20.8 Å². The van der Waals surface area contributed by atoms with Crippen molar-refractivity contribution in [3.8, 4) is 28.4 Å². The number of methoxy groups -OCH3 is 2. The molecule has 31 heavy (non-hydrogen) atoms. The average Bonchev–Trinajstić information content (AvgIpc) is 3.13. The molecule has 1 N–H and O–H groups in total. The molecule has 0 bridgehead atoms. The van der Waals surface area contributed by atoms with Crippen LogP contribution in [-0.2, 0) is 16.1 Å². The number of hydrogen-bond acceptors (Lipinski definition) is 6. The molecule has 0 saturated heterocycles. The number of rotatable bonds is 8. The number of esters is 1. The van der Waals surface area contributed by atoms with Crippen LogP contribution in [-0.4, -0.2) is 39.3 Å². The third-order valence-corrected chi connectivity index (χ3v) is 6.15. The van der Waals surface area contributed by atoms with E-state index in [1.165, 1.54) is 0 Å². The summed E-state index contributed by atoms with van der Waals surface area (Å²) in [7, 11) is 3.12. The number of carbonyl (C=O) groups is 2. The second-order valence-corrected chi connectivity index (χ2v) is 7.84. The summed E-state index contributed by atoms with van der Waals surface area (Å²) in [6.45, 7) is 2.78. The monoisotopic (exact) mass is 425 g/mol. The third kappa shape index (κ3) is 3.58. The molecule has 1 aliphatic carbocycles. The Hall–Kier alpha value is -3.22. The molecule has 1 fully saturated rings. The predicted molar refractivity (Wildman–Crippen MR) is 115 cm³/mol. The molecular weight excluding hydrogens is 398 g/mol. The average molecular weight is 425 g/mol. The van der Waals surface area contributed by atoms with Gasteiger partial charge >= 0.3 is 5.97 Å². The molecule has 164 valence electrons. The van der Waals surface area contributed by atoms with Gasteiger partial charge < -0.3 is 24.3 Å². The highest BCUT2D eigenvalue weighted by Gasteiger charge is 2.47. The van der Waals surface area contributed by atoms with Crippen LogP contribution in [0.2, 0.25) is 0 Å². The fourth-order valence-corrected chi connectivity index (χ4v) is 4.27. The van der Waals surface area contributed by atoms with Gasteiger partial charge in [-0.05, 0) is 49.1 Å². The van der Waals surface area contributed by atoms with Crippen molar-refractivity contribution in [2.45, 2.75) is 32.7 Å². The number of nitrogens with one attached hydrogen (secondary N) is 1. The van der Waals surface area contributed by atoms with Crippen molar-refractivity contribution in [2.24, 2.45) is 5.41 Å². The fraction of sp³-hybridized carbons (Fsp3) is 0.417. The number of amides is 1. The van der Waals surface area contributed by atoms with Crippen molar-refractivity contribution in [3.63, 3.8) is 0 Å². The largest absolute Gasteiger partial charge is 0.493 e. The lowest BCUT2D eigenvalue weighted by Gasteiger charge is -2.38. The van der Waals surface area contributed by atoms with E-state index in [1.54, 1.807) is 21.1 Å². The molecule has 4 rings (SSSR count). The van der Waals surface area contributed by atoms with E-state index >= 15 is 0 Å². The number of hydrogen-bond donors (Lipinski definition) is 1. The van der Waals surface area contributed by atoms with E-state index in [0.29, 0.717) is 36.0 Å². The zero-order valence-electron chi connectivity index (χ0n) is 18.1. The molecule has 7 nitrogen and oxygen atoms in total. The second kappa shape index (κ2) is 8.49. The molecule has 1 heterocycles. The topological polar surface area (TPSA) is 83.1 Å². The number of fused-ring (bicyclic) bond motifs is 1. The predicted octanol–water partition coefficient (Wildman–Crippen LogP) is 3.73. The Balaban J connectivity index is 1.76. The lowest BCUT2D eigenvalue weighted by molar-refractivity contribution is -0.163. The first-order chi connectivity index (χ1) is 15.0. The minimum Gasteiger partial charge on any atom is -0.493 e. The van der Waals surface area contributed by atoms with Gasteiger partial charge in [-0.1, -0.05) is 18.6 Å². The molecule has 2 aliphatic rings. The first-order valence-electron chi connectivity index (χ1n) is 10.5. The van der Waals surface area contributed by atoms with Gasteiger partial charge in [0.2, 0.25) is 5.75 Å². The molecule has 0 aromatic heterocycles. The minimum atomic E-state index is -0.641. The quantitative estimate of drug-likeness (QED) is 0.649. The molecule has 1 aliphatic heterocycles. The molecular formula is C24H27NO6. The molecule has 1 saturated carbocycles. The molecule has 0 unspecified atom stereocenters. The Kier molecular flexibility index (Phi) is 5.76. The van der Waals surface area contributed by atoms with Gasteiger partial charge in [-0.15, -0.1) is 0 Å². The zero-order valence-corrected chi connectivity index (χ0v) is 18.1. The van der Waals surface area contributed by atoms with Crippen LogP contribution in [0.15, 0.2) is 30.3 Å². The van der Waals surface area contributed by atoms with Gasteiger partial charge in [-0.3, -0.25) is 9.59 Å². The van der Waals surface area contributed by atoms with E-state index in [4.69, 9.17) is 18.9 Å². The summed E-state index contributed by atoms with van der Waals surface area (Å²) in [5.41, 5.74) is 2.58. The second-order valence-electron chi connectivity index (χ2n) is 7.84. The van der Waals surface area contributed by atoms with Crippen LogP contribution >= 0.6 is 0 Å². The maximum atomic E-state index is 12.6. The van der Waals surface area contributed by atoms with Crippen LogP contribution in [0.25, 0.3) is 11.1 Å². The van der Waals surface area contributed by atoms with E-state index in [2.05, 4.69) is 5.32 Å². The van der Waals surface area contributed by atoms with E-state index in [-0.39, 0.29) is 18.5 Å². The Bertz CT molecular complexity index is 1010. The zero-order chi connectivity index (χ0) is 22.0. The number of ether oxygens (including phenoxy) is 4. The summed E-state index contributed by atoms with van der Waals surface area (Å²) < 4.78 is 22.7. The van der Waals surface area contributed by atoms with Crippen molar-refractivity contribution in [1.82, 2.24) is 5.32 Å². The van der Waals surface area contributed by atoms with Gasteiger partial charge in [0.1, 0.15) is 12.0 Å². The molecule has 2 aromatic carbocycles. The summed E-state index contributed by atoms with van der Waals surface area (Å²) >= 11 is 0. The molecule has 1 amide bonds.